The van der Waals surface area contributed by atoms with Gasteiger partial charge in [-0.05, 0) is 120 Å². The molecule has 0 unspecified atom stereocenters. The lowest BCUT2D eigenvalue weighted by atomic mass is 9.89. The van der Waals surface area contributed by atoms with Crippen LogP contribution >= 0.6 is 23.2 Å². The number of carbonyl (C=O) groups excluding carboxylic acids is 3. The van der Waals surface area contributed by atoms with Gasteiger partial charge in [0.05, 0.1) is 15.8 Å². The number of rotatable bonds is 10. The highest BCUT2D eigenvalue weighted by molar-refractivity contribution is 6.82. The summed E-state index contributed by atoms with van der Waals surface area (Å²) < 4.78 is 13.4. The topological polar surface area (TPSA) is 161 Å². The Hall–Kier alpha value is -4.14. The molecule has 0 radical (unpaired) electrons. The third kappa shape index (κ3) is 11.6. The second-order valence-corrected chi connectivity index (χ2v) is 26.7. The molecule has 2 fully saturated rings. The first kappa shape index (κ1) is 49.9. The maximum atomic E-state index is 13.6. The fourth-order valence-corrected chi connectivity index (χ4v) is 17.0. The van der Waals surface area contributed by atoms with E-state index in [1.54, 1.807) is 22.2 Å². The molecule has 3 N–H and O–H groups in total. The van der Waals surface area contributed by atoms with Gasteiger partial charge in [-0.15, -0.1) is 0 Å². The molecule has 0 atom stereocenters. The van der Waals surface area contributed by atoms with E-state index < -0.39 is 19.4 Å². The van der Waals surface area contributed by atoms with Crippen molar-refractivity contribution < 1.29 is 23.9 Å². The van der Waals surface area contributed by atoms with E-state index in [4.69, 9.17) is 43.5 Å². The van der Waals surface area contributed by atoms with Gasteiger partial charge in [0.25, 0.3) is 0 Å². The summed E-state index contributed by atoms with van der Waals surface area (Å²) in [4.78, 5) is 53.8. The minimum Gasteiger partial charge on any atom is -0.444 e. The number of halogens is 2. The van der Waals surface area contributed by atoms with Crippen LogP contribution in [-0.2, 0) is 9.47 Å². The number of ether oxygens (including phenoxy) is 2. The lowest BCUT2D eigenvalue weighted by Crippen LogP contribution is -2.51. The number of aromatic amines is 1. The molecule has 2 saturated heterocycles. The number of hydrazone groups is 1. The van der Waals surface area contributed by atoms with Crippen molar-refractivity contribution >= 4 is 77.2 Å². The molecular formula is C47H70Cl2N8O5Si. The van der Waals surface area contributed by atoms with Crippen LogP contribution < -0.4 is 5.84 Å². The Morgan fingerprint density at radius 1 is 0.762 bits per heavy atom. The fourth-order valence-electron chi connectivity index (χ4n) is 9.92. The molecular weight excluding hydrogens is 856 g/mol. The minimum absolute atomic E-state index is 0.0618. The molecule has 2 aliphatic rings. The van der Waals surface area contributed by atoms with Crippen molar-refractivity contribution in [2.45, 2.75) is 149 Å². The van der Waals surface area contributed by atoms with Gasteiger partial charge in [-0.3, -0.25) is 4.79 Å². The van der Waals surface area contributed by atoms with Gasteiger partial charge in [-0.1, -0.05) is 64.7 Å². The molecule has 13 nitrogen and oxygen atoms in total. The summed E-state index contributed by atoms with van der Waals surface area (Å²) in [6.07, 6.45) is 11.2. The Labute approximate surface area is 384 Å². The molecule has 4 aromatic heterocycles. The Bertz CT molecular complexity index is 2240. The third-order valence-electron chi connectivity index (χ3n) is 12.6. The number of hydrogen-bond acceptors (Lipinski definition) is 9. The Balaban J connectivity index is 0.000000247. The zero-order chi connectivity index (χ0) is 46.6. The molecule has 63 heavy (non-hydrogen) atoms. The van der Waals surface area contributed by atoms with E-state index >= 15 is 0 Å². The molecule has 6 heterocycles. The summed E-state index contributed by atoms with van der Waals surface area (Å²) in [5.41, 5.74) is 4.38. The molecule has 6 rings (SSSR count). The maximum Gasteiger partial charge on any atom is 0.410 e. The van der Waals surface area contributed by atoms with E-state index in [2.05, 4.69) is 67.0 Å². The molecule has 2 aliphatic heterocycles. The molecule has 0 spiro atoms. The zero-order valence-electron chi connectivity index (χ0n) is 39.5. The van der Waals surface area contributed by atoms with Crippen molar-refractivity contribution in [2.75, 3.05) is 26.2 Å². The van der Waals surface area contributed by atoms with Crippen molar-refractivity contribution in [2.24, 2.45) is 22.8 Å². The van der Waals surface area contributed by atoms with E-state index in [9.17, 15) is 14.4 Å². The number of likely N-dealkylation sites (tertiary alicyclic amines) is 2. The normalized spacial score (nSPS) is 16.3. The van der Waals surface area contributed by atoms with Crippen LogP contribution in [0.2, 0.25) is 26.7 Å². The average molecular weight is 926 g/mol. The Morgan fingerprint density at radius 2 is 1.24 bits per heavy atom. The van der Waals surface area contributed by atoms with Crippen molar-refractivity contribution in [3.05, 3.63) is 58.1 Å². The summed E-state index contributed by atoms with van der Waals surface area (Å²) >= 11 is 13.0. The smallest absolute Gasteiger partial charge is 0.410 e. The van der Waals surface area contributed by atoms with Gasteiger partial charge in [0.2, 0.25) is 0 Å². The van der Waals surface area contributed by atoms with Crippen LogP contribution in [0.5, 0.6) is 0 Å². The number of ketones is 1. The number of fused-ring (bicyclic) bond motifs is 2. The van der Waals surface area contributed by atoms with Crippen LogP contribution in [0.4, 0.5) is 9.59 Å². The summed E-state index contributed by atoms with van der Waals surface area (Å²) in [6.45, 7) is 27.7. The molecule has 2 amide bonds. The van der Waals surface area contributed by atoms with Crippen molar-refractivity contribution in [3.63, 3.8) is 0 Å². The summed E-state index contributed by atoms with van der Waals surface area (Å²) in [6, 6.07) is 3.97. The number of hydrogen-bond donors (Lipinski definition) is 2. The first-order valence-electron chi connectivity index (χ1n) is 22.5. The van der Waals surface area contributed by atoms with Gasteiger partial charge in [0.1, 0.15) is 22.5 Å². The molecule has 0 saturated carbocycles. The predicted molar refractivity (Wildman–Crippen MR) is 258 cm³/mol. The first-order valence-corrected chi connectivity index (χ1v) is 25.5. The third-order valence-corrected chi connectivity index (χ3v) is 19.9. The van der Waals surface area contributed by atoms with Crippen LogP contribution in [0, 0.1) is 11.8 Å². The van der Waals surface area contributed by atoms with E-state index in [0.717, 1.165) is 59.0 Å². The number of aromatic nitrogens is 4. The van der Waals surface area contributed by atoms with Gasteiger partial charge < -0.3 is 34.3 Å². The average Bonchev–Trinajstić information content (AvgIpc) is 3.84. The fraction of sp³-hybridized carbons (Fsp3) is 0.617. The van der Waals surface area contributed by atoms with Crippen molar-refractivity contribution in [1.29, 1.82) is 0 Å². The number of H-pyrrole nitrogens is 1. The predicted octanol–water partition coefficient (Wildman–Crippen LogP) is 11.8. The highest BCUT2D eigenvalue weighted by atomic mass is 35.5. The lowest BCUT2D eigenvalue weighted by Gasteiger charge is -2.44. The number of carbonyl (C=O) groups is 3. The van der Waals surface area contributed by atoms with E-state index in [1.807, 2.05) is 59.9 Å². The van der Waals surface area contributed by atoms with Gasteiger partial charge in [-0.2, -0.15) is 5.10 Å². The van der Waals surface area contributed by atoms with E-state index in [0.29, 0.717) is 77.2 Å². The highest BCUT2D eigenvalue weighted by Crippen LogP contribution is 2.45. The summed E-state index contributed by atoms with van der Waals surface area (Å²) in [5, 5.41) is 6.76. The lowest BCUT2D eigenvalue weighted by molar-refractivity contribution is 0.0173. The number of piperidine rings is 2. The Kier molecular flexibility index (Phi) is 16.1. The van der Waals surface area contributed by atoms with Crippen molar-refractivity contribution in [3.8, 4) is 0 Å². The first-order chi connectivity index (χ1) is 29.5. The van der Waals surface area contributed by atoms with Crippen LogP contribution in [0.3, 0.4) is 0 Å². The van der Waals surface area contributed by atoms with Gasteiger partial charge >= 0.3 is 12.2 Å². The zero-order valence-corrected chi connectivity index (χ0v) is 42.0. The number of nitrogens with one attached hydrogen (secondary N) is 1. The largest absolute Gasteiger partial charge is 0.444 e. The van der Waals surface area contributed by atoms with Crippen LogP contribution in [0.25, 0.3) is 22.1 Å². The maximum absolute atomic E-state index is 13.6. The number of nitrogens with two attached hydrogens (primary N) is 1. The highest BCUT2D eigenvalue weighted by Gasteiger charge is 2.46. The molecule has 0 aliphatic carbocycles. The number of Topliss-reactive ketones (excluding diaryl/α,β-unsaturated/α-hetero) is 1. The molecule has 16 heteroatoms. The molecule has 0 bridgehead atoms. The van der Waals surface area contributed by atoms with E-state index in [-0.39, 0.29) is 23.9 Å². The number of pyridine rings is 2. The van der Waals surface area contributed by atoms with E-state index in [1.165, 1.54) is 0 Å². The van der Waals surface area contributed by atoms with Gasteiger partial charge in [0, 0.05) is 73.1 Å². The van der Waals surface area contributed by atoms with Gasteiger partial charge in [-0.25, -0.2) is 19.6 Å². The summed E-state index contributed by atoms with van der Waals surface area (Å²) in [5.74, 6) is 6.37. The minimum atomic E-state index is -2.02. The van der Waals surface area contributed by atoms with Gasteiger partial charge in [0.15, 0.2) is 14.0 Å². The number of nitrogens with zero attached hydrogens (tertiary/aromatic N) is 6. The van der Waals surface area contributed by atoms with Crippen LogP contribution in [-0.4, -0.2) is 98.3 Å². The second-order valence-electron chi connectivity index (χ2n) is 20.2. The Morgan fingerprint density at radius 3 is 1.71 bits per heavy atom. The SMILES string of the molecule is CC(C)(C)OC(=O)N1CCC(C/C(=N/N)c2c(Cl)cnc3[nH]ccc23)CC1.CC(C)[Si](C(C)C)(C(C)C)n1ccc2c(C(=O)CC3CCN(C(=O)OC(C)(C)C)CC3)c(Cl)cnc21. The van der Waals surface area contributed by atoms with Crippen LogP contribution in [0.1, 0.15) is 138 Å². The molecule has 0 aromatic carbocycles. The second kappa shape index (κ2) is 20.4. The molecule has 346 valence electrons. The number of amides is 2. The monoisotopic (exact) mass is 924 g/mol. The van der Waals surface area contributed by atoms with Crippen LogP contribution in [0.15, 0.2) is 42.0 Å². The standard InChI is InChI=1S/C28H44ClN3O3Si.C19H26ClN5O2/c1-18(2)36(19(3)4,20(5)6)32-15-12-22-25(23(29)17-30-26(22)32)24(33)16-21-10-13-31(14-11-21)27(34)35-28(7,8)9;1-19(2,3)27-18(26)25-8-5-12(6-9-25)10-15(24-21)16-13-4-7-22-17(13)23-11-14(16)20/h12,15,17-21H,10-11,13-14,16H2,1-9H3;4,7,11-12H,5-6,8-10,21H2,1-3H3,(H,22,23)/b;24-15-. The molecule has 4 aromatic rings. The quantitative estimate of drug-likeness (QED) is 0.0522. The van der Waals surface area contributed by atoms with Crippen molar-refractivity contribution in [1.82, 2.24) is 29.0 Å². The summed E-state index contributed by atoms with van der Waals surface area (Å²) in [7, 11) is -2.02.